The topological polar surface area (TPSA) is 78.9 Å². The fourth-order valence-electron chi connectivity index (χ4n) is 10.8. The molecule has 0 aromatic carbocycles. The van der Waals surface area contributed by atoms with Crippen LogP contribution >= 0.6 is 0 Å². The third kappa shape index (κ3) is 67.9. The van der Waals surface area contributed by atoms with Crippen LogP contribution in [0.3, 0.4) is 0 Å². The molecule has 0 heterocycles. The smallest absolute Gasteiger partial charge is 0.306 e. The normalized spacial score (nSPS) is 12.4. The zero-order chi connectivity index (χ0) is 59.2. The predicted molar refractivity (Wildman–Crippen MR) is 358 cm³/mol. The summed E-state index contributed by atoms with van der Waals surface area (Å²) in [5.41, 5.74) is 0. The molecule has 0 saturated heterocycles. The Bertz CT molecular complexity index is 1460. The average molecular weight is 1150 g/mol. The molecule has 0 spiro atoms. The van der Waals surface area contributed by atoms with Gasteiger partial charge in [0.1, 0.15) is 13.2 Å². The third-order valence-corrected chi connectivity index (χ3v) is 16.2. The van der Waals surface area contributed by atoms with Gasteiger partial charge in [-0.25, -0.2) is 0 Å². The summed E-state index contributed by atoms with van der Waals surface area (Å²) in [4.78, 5) is 38.1. The molecule has 0 aliphatic heterocycles. The molecule has 0 saturated carbocycles. The van der Waals surface area contributed by atoms with Crippen LogP contribution in [0.15, 0.2) is 60.8 Å². The molecule has 0 radical (unpaired) electrons. The van der Waals surface area contributed by atoms with E-state index < -0.39 is 6.10 Å². The zero-order valence-electron chi connectivity index (χ0n) is 55.0. The van der Waals surface area contributed by atoms with Crippen LogP contribution in [0, 0.1) is 0 Å². The van der Waals surface area contributed by atoms with Gasteiger partial charge < -0.3 is 14.2 Å². The number of unbranched alkanes of at least 4 members (excludes halogenated alkanes) is 46. The van der Waals surface area contributed by atoms with Crippen molar-refractivity contribution in [1.82, 2.24) is 0 Å². The second-order valence-corrected chi connectivity index (χ2v) is 24.5. The summed E-state index contributed by atoms with van der Waals surface area (Å²) in [6.07, 6.45) is 91.6. The van der Waals surface area contributed by atoms with E-state index in [1.807, 2.05) is 0 Å². The van der Waals surface area contributed by atoms with E-state index in [0.717, 1.165) is 77.0 Å². The van der Waals surface area contributed by atoms with Crippen LogP contribution in [0.2, 0.25) is 0 Å². The lowest BCUT2D eigenvalue weighted by Crippen LogP contribution is -2.30. The summed E-state index contributed by atoms with van der Waals surface area (Å²) in [5.74, 6) is -0.858. The number of esters is 3. The highest BCUT2D eigenvalue weighted by molar-refractivity contribution is 5.71. The van der Waals surface area contributed by atoms with Crippen molar-refractivity contribution in [3.05, 3.63) is 60.8 Å². The molecule has 0 N–H and O–H groups in total. The second-order valence-electron chi connectivity index (χ2n) is 24.5. The van der Waals surface area contributed by atoms with Crippen molar-refractivity contribution in [3.63, 3.8) is 0 Å². The van der Waals surface area contributed by atoms with Crippen LogP contribution in [0.5, 0.6) is 0 Å². The van der Waals surface area contributed by atoms with E-state index in [9.17, 15) is 14.4 Å². The first-order chi connectivity index (χ1) is 40.5. The molecule has 6 nitrogen and oxygen atoms in total. The summed E-state index contributed by atoms with van der Waals surface area (Å²) in [6, 6.07) is 0. The molecule has 0 aromatic rings. The molecule has 0 aromatic heterocycles. The van der Waals surface area contributed by atoms with E-state index in [1.54, 1.807) is 0 Å². The largest absolute Gasteiger partial charge is 0.462 e. The van der Waals surface area contributed by atoms with Crippen molar-refractivity contribution in [3.8, 4) is 0 Å². The summed E-state index contributed by atoms with van der Waals surface area (Å²) in [5, 5.41) is 0. The van der Waals surface area contributed by atoms with Crippen molar-refractivity contribution in [2.45, 2.75) is 393 Å². The number of hydrogen-bond donors (Lipinski definition) is 0. The lowest BCUT2D eigenvalue weighted by Gasteiger charge is -2.18. The van der Waals surface area contributed by atoms with Gasteiger partial charge in [0.2, 0.25) is 0 Å². The van der Waals surface area contributed by atoms with E-state index in [0.29, 0.717) is 19.3 Å². The molecule has 82 heavy (non-hydrogen) atoms. The van der Waals surface area contributed by atoms with Gasteiger partial charge in [0.15, 0.2) is 6.10 Å². The van der Waals surface area contributed by atoms with Crippen molar-refractivity contribution in [2.24, 2.45) is 0 Å². The number of allylic oxidation sites excluding steroid dienone is 10. The van der Waals surface area contributed by atoms with Crippen LogP contribution in [-0.2, 0) is 28.6 Å². The molecule has 0 rings (SSSR count). The minimum absolute atomic E-state index is 0.0701. The lowest BCUT2D eigenvalue weighted by molar-refractivity contribution is -0.167. The standard InChI is InChI=1S/C76H138O6/c1-4-7-10-13-16-18-20-22-24-26-28-30-32-34-36-38-40-42-44-46-48-50-52-54-56-58-60-63-66-69-75(78)81-72-73(71-80-74(77)68-65-62-15-12-9-6-3)82-76(79)70-67-64-61-59-57-55-53-51-49-47-45-43-41-39-37-35-33-31-29-27-25-23-21-19-17-14-11-8-5-2/h20-23,26-29,32,34,73H,4-19,24-25,30-31,33,35-72H2,1-3H3/b22-20-,23-21-,28-26-,29-27-,34-32-. The molecule has 0 aliphatic rings. The molecule has 478 valence electrons. The minimum atomic E-state index is -0.770. The Morgan fingerprint density at radius 3 is 0.683 bits per heavy atom. The maximum Gasteiger partial charge on any atom is 0.306 e. The van der Waals surface area contributed by atoms with E-state index >= 15 is 0 Å². The van der Waals surface area contributed by atoms with Gasteiger partial charge in [-0.1, -0.05) is 338 Å². The van der Waals surface area contributed by atoms with Crippen LogP contribution in [-0.4, -0.2) is 37.2 Å². The van der Waals surface area contributed by atoms with E-state index in [2.05, 4.69) is 81.5 Å². The van der Waals surface area contributed by atoms with E-state index in [-0.39, 0.29) is 31.1 Å². The van der Waals surface area contributed by atoms with Gasteiger partial charge in [-0.15, -0.1) is 0 Å². The molecule has 0 fully saturated rings. The van der Waals surface area contributed by atoms with Gasteiger partial charge >= 0.3 is 17.9 Å². The number of rotatable bonds is 67. The summed E-state index contributed by atoms with van der Waals surface area (Å²) in [6.45, 7) is 6.61. The van der Waals surface area contributed by atoms with Crippen LogP contribution in [0.1, 0.15) is 387 Å². The SMILES string of the molecule is CCCCCCC/C=C\C/C=C\C/C=C\CCCCCCCCCCCCCCCCC(=O)OCC(COC(=O)CCCCCCCC)OC(=O)CCCCCCCCCCCCCCCCCCC/C=C\C/C=C\CCCCCCC. The van der Waals surface area contributed by atoms with Gasteiger partial charge in [0.25, 0.3) is 0 Å². The minimum Gasteiger partial charge on any atom is -0.462 e. The van der Waals surface area contributed by atoms with Crippen LogP contribution in [0.4, 0.5) is 0 Å². The fourth-order valence-corrected chi connectivity index (χ4v) is 10.8. The maximum absolute atomic E-state index is 12.9. The molecule has 1 atom stereocenters. The lowest BCUT2D eigenvalue weighted by atomic mass is 10.0. The van der Waals surface area contributed by atoms with Crippen LogP contribution < -0.4 is 0 Å². The van der Waals surface area contributed by atoms with Gasteiger partial charge in [-0.05, 0) is 89.9 Å². The Morgan fingerprint density at radius 2 is 0.439 bits per heavy atom. The van der Waals surface area contributed by atoms with Gasteiger partial charge in [0.05, 0.1) is 0 Å². The van der Waals surface area contributed by atoms with Gasteiger partial charge in [-0.3, -0.25) is 14.4 Å². The Balaban J connectivity index is 3.99. The first-order valence-corrected chi connectivity index (χ1v) is 36.3. The number of hydrogen-bond acceptors (Lipinski definition) is 6. The number of carbonyl (C=O) groups excluding carboxylic acids is 3. The molecule has 0 bridgehead atoms. The first kappa shape index (κ1) is 79.1. The predicted octanol–water partition coefficient (Wildman–Crippen LogP) is 25.1. The van der Waals surface area contributed by atoms with Crippen molar-refractivity contribution in [2.75, 3.05) is 13.2 Å². The molecular weight excluding hydrogens is 1010 g/mol. The number of ether oxygens (including phenoxy) is 3. The second kappa shape index (κ2) is 70.6. The van der Waals surface area contributed by atoms with Crippen LogP contribution in [0.25, 0.3) is 0 Å². The zero-order valence-corrected chi connectivity index (χ0v) is 55.0. The molecule has 0 amide bonds. The first-order valence-electron chi connectivity index (χ1n) is 36.3. The molecular formula is C76H138O6. The summed E-state index contributed by atoms with van der Waals surface area (Å²) < 4.78 is 16.9. The highest BCUT2D eigenvalue weighted by atomic mass is 16.6. The quantitative estimate of drug-likeness (QED) is 0.0261. The maximum atomic E-state index is 12.9. The van der Waals surface area contributed by atoms with Gasteiger partial charge in [-0.2, -0.15) is 0 Å². The fraction of sp³-hybridized carbons (Fsp3) is 0.829. The van der Waals surface area contributed by atoms with E-state index in [4.69, 9.17) is 14.2 Å². The van der Waals surface area contributed by atoms with Crippen molar-refractivity contribution >= 4 is 17.9 Å². The van der Waals surface area contributed by atoms with Crippen molar-refractivity contribution < 1.29 is 28.6 Å². The number of carbonyl (C=O) groups is 3. The van der Waals surface area contributed by atoms with E-state index in [1.165, 1.54) is 270 Å². The highest BCUT2D eigenvalue weighted by Crippen LogP contribution is 2.18. The molecule has 6 heteroatoms. The molecule has 1 unspecified atom stereocenters. The average Bonchev–Trinajstić information content (AvgIpc) is 3.47. The Labute approximate surface area is 510 Å². The Kier molecular flexibility index (Phi) is 68.1. The Morgan fingerprint density at radius 1 is 0.244 bits per heavy atom. The van der Waals surface area contributed by atoms with Gasteiger partial charge in [0, 0.05) is 19.3 Å². The summed E-state index contributed by atoms with van der Waals surface area (Å²) in [7, 11) is 0. The molecule has 0 aliphatic carbocycles. The highest BCUT2D eigenvalue weighted by Gasteiger charge is 2.19. The summed E-state index contributed by atoms with van der Waals surface area (Å²) >= 11 is 0. The third-order valence-electron chi connectivity index (χ3n) is 16.2. The Hall–Kier alpha value is -2.89. The van der Waals surface area contributed by atoms with Crippen molar-refractivity contribution in [1.29, 1.82) is 0 Å². The monoisotopic (exact) mass is 1150 g/mol.